The molecule has 2 aromatic carbocycles. The van der Waals surface area contributed by atoms with Crippen molar-refractivity contribution in [1.29, 1.82) is 0 Å². The molecular weight excluding hydrogens is 372 g/mol. The van der Waals surface area contributed by atoms with Gasteiger partial charge in [0.2, 0.25) is 5.95 Å². The third kappa shape index (κ3) is 3.71. The van der Waals surface area contributed by atoms with Crippen LogP contribution >= 0.6 is 11.6 Å². The number of nitrogen functional groups attached to an aromatic ring is 1. The Hall–Kier alpha value is -2.92. The lowest BCUT2D eigenvalue weighted by Gasteiger charge is -2.36. The molecule has 5 nitrogen and oxygen atoms in total. The van der Waals surface area contributed by atoms with E-state index in [-0.39, 0.29) is 17.9 Å². The summed E-state index contributed by atoms with van der Waals surface area (Å²) in [5, 5.41) is 0.667. The van der Waals surface area contributed by atoms with E-state index in [1.807, 2.05) is 59.5 Å². The minimum Gasteiger partial charge on any atom is -0.368 e. The van der Waals surface area contributed by atoms with Crippen LogP contribution in [0.4, 0.5) is 5.95 Å². The van der Waals surface area contributed by atoms with Crippen molar-refractivity contribution in [2.24, 2.45) is 0 Å². The molecular formula is C22H21ClN4O. The van der Waals surface area contributed by atoms with Crippen molar-refractivity contribution >= 4 is 23.5 Å². The van der Waals surface area contributed by atoms with Crippen LogP contribution in [0, 0.1) is 0 Å². The topological polar surface area (TPSA) is 72.1 Å². The van der Waals surface area contributed by atoms with E-state index in [0.29, 0.717) is 17.1 Å². The highest BCUT2D eigenvalue weighted by atomic mass is 35.5. The Labute approximate surface area is 169 Å². The molecule has 0 aliphatic carbocycles. The summed E-state index contributed by atoms with van der Waals surface area (Å²) in [6, 6.07) is 16.8. The summed E-state index contributed by atoms with van der Waals surface area (Å²) in [4.78, 5) is 23.9. The third-order valence-electron chi connectivity index (χ3n) is 5.09. The maximum absolute atomic E-state index is 13.2. The van der Waals surface area contributed by atoms with Crippen molar-refractivity contribution in [1.82, 2.24) is 14.9 Å². The fourth-order valence-corrected chi connectivity index (χ4v) is 3.85. The number of hydrogen-bond acceptors (Lipinski definition) is 4. The Balaban J connectivity index is 1.76. The van der Waals surface area contributed by atoms with Crippen molar-refractivity contribution in [2.45, 2.75) is 25.3 Å². The van der Waals surface area contributed by atoms with Gasteiger partial charge >= 0.3 is 0 Å². The smallest absolute Gasteiger partial charge is 0.254 e. The summed E-state index contributed by atoms with van der Waals surface area (Å²) < 4.78 is 0. The predicted molar refractivity (Wildman–Crippen MR) is 111 cm³/mol. The fraction of sp³-hybridized carbons (Fsp3) is 0.227. The summed E-state index contributed by atoms with van der Waals surface area (Å²) in [6.07, 6.45) is 4.59. The number of benzene rings is 2. The molecule has 1 amide bonds. The minimum absolute atomic E-state index is 0.0181. The number of nitrogens with zero attached hydrogens (tertiary/aromatic N) is 3. The van der Waals surface area contributed by atoms with Crippen LogP contribution in [0.5, 0.6) is 0 Å². The van der Waals surface area contributed by atoms with E-state index in [2.05, 4.69) is 9.97 Å². The number of piperidine rings is 1. The van der Waals surface area contributed by atoms with Gasteiger partial charge in [0.15, 0.2) is 0 Å². The molecule has 28 heavy (non-hydrogen) atoms. The van der Waals surface area contributed by atoms with Crippen LogP contribution in [0.3, 0.4) is 0 Å². The maximum atomic E-state index is 13.2. The third-order valence-corrected chi connectivity index (χ3v) is 5.34. The highest BCUT2D eigenvalue weighted by Crippen LogP contribution is 2.37. The largest absolute Gasteiger partial charge is 0.368 e. The Morgan fingerprint density at radius 1 is 1.07 bits per heavy atom. The first-order valence-electron chi connectivity index (χ1n) is 9.38. The van der Waals surface area contributed by atoms with Gasteiger partial charge in [0.25, 0.3) is 5.91 Å². The van der Waals surface area contributed by atoms with Gasteiger partial charge in [-0.3, -0.25) is 4.79 Å². The van der Waals surface area contributed by atoms with Crippen LogP contribution in [-0.4, -0.2) is 27.3 Å². The molecule has 4 rings (SSSR count). The second-order valence-electron chi connectivity index (χ2n) is 6.91. The lowest BCUT2D eigenvalue weighted by atomic mass is 9.93. The number of nitrogens with two attached hydrogens (primary N) is 1. The van der Waals surface area contributed by atoms with Crippen molar-refractivity contribution in [3.05, 3.63) is 77.1 Å². The Kier molecular flexibility index (Phi) is 5.26. The number of halogens is 1. The van der Waals surface area contributed by atoms with Gasteiger partial charge in [-0.15, -0.1) is 0 Å². The SMILES string of the molecule is Nc1ncc(-c2ccc(Cl)cc2)c(C2CCCCN2C(=O)c2ccccc2)n1. The highest BCUT2D eigenvalue weighted by Gasteiger charge is 2.31. The molecule has 142 valence electrons. The van der Waals surface area contributed by atoms with Gasteiger partial charge in [0, 0.05) is 28.9 Å². The first-order valence-corrected chi connectivity index (χ1v) is 9.75. The maximum Gasteiger partial charge on any atom is 0.254 e. The number of rotatable bonds is 3. The summed E-state index contributed by atoms with van der Waals surface area (Å²) in [7, 11) is 0. The van der Waals surface area contributed by atoms with Crippen LogP contribution in [0.1, 0.15) is 41.4 Å². The zero-order valence-electron chi connectivity index (χ0n) is 15.4. The molecule has 0 radical (unpaired) electrons. The summed E-state index contributed by atoms with van der Waals surface area (Å²) in [5.41, 5.74) is 9.23. The molecule has 1 aromatic heterocycles. The average Bonchev–Trinajstić information content (AvgIpc) is 2.74. The zero-order valence-corrected chi connectivity index (χ0v) is 16.1. The first kappa shape index (κ1) is 18.4. The lowest BCUT2D eigenvalue weighted by molar-refractivity contribution is 0.0607. The van der Waals surface area contributed by atoms with E-state index in [1.165, 1.54) is 0 Å². The molecule has 2 heterocycles. The average molecular weight is 393 g/mol. The van der Waals surface area contributed by atoms with E-state index in [0.717, 1.165) is 36.1 Å². The van der Waals surface area contributed by atoms with Gasteiger partial charge in [-0.25, -0.2) is 9.97 Å². The number of hydrogen-bond donors (Lipinski definition) is 1. The second-order valence-corrected chi connectivity index (χ2v) is 7.35. The van der Waals surface area contributed by atoms with Crippen LogP contribution in [0.15, 0.2) is 60.8 Å². The molecule has 1 unspecified atom stereocenters. The first-order chi connectivity index (χ1) is 13.6. The quantitative estimate of drug-likeness (QED) is 0.698. The van der Waals surface area contributed by atoms with Crippen LogP contribution in [0.2, 0.25) is 5.02 Å². The van der Waals surface area contributed by atoms with E-state index >= 15 is 0 Å². The summed E-state index contributed by atoms with van der Waals surface area (Å²) >= 11 is 6.04. The van der Waals surface area contributed by atoms with Gasteiger partial charge in [0.1, 0.15) is 0 Å². The number of aromatic nitrogens is 2. The number of anilines is 1. The van der Waals surface area contributed by atoms with E-state index in [1.54, 1.807) is 6.20 Å². The Bertz CT molecular complexity index is 976. The highest BCUT2D eigenvalue weighted by molar-refractivity contribution is 6.30. The van der Waals surface area contributed by atoms with Gasteiger partial charge in [-0.05, 0) is 49.1 Å². The number of likely N-dealkylation sites (tertiary alicyclic amines) is 1. The zero-order chi connectivity index (χ0) is 19.5. The molecule has 0 spiro atoms. The monoisotopic (exact) mass is 392 g/mol. The molecule has 1 saturated heterocycles. The summed E-state index contributed by atoms with van der Waals surface area (Å²) in [6.45, 7) is 0.697. The second kappa shape index (κ2) is 7.98. The van der Waals surface area contributed by atoms with E-state index in [9.17, 15) is 4.79 Å². The van der Waals surface area contributed by atoms with Crippen LogP contribution < -0.4 is 5.73 Å². The molecule has 1 aliphatic heterocycles. The molecule has 3 aromatic rings. The fourth-order valence-electron chi connectivity index (χ4n) is 3.72. The minimum atomic E-state index is -0.141. The van der Waals surface area contributed by atoms with Crippen molar-refractivity contribution in [3.63, 3.8) is 0 Å². The van der Waals surface area contributed by atoms with Gasteiger partial charge in [0.05, 0.1) is 11.7 Å². The van der Waals surface area contributed by atoms with Gasteiger partial charge < -0.3 is 10.6 Å². The Morgan fingerprint density at radius 3 is 2.57 bits per heavy atom. The standard InChI is InChI=1S/C22H21ClN4O/c23-17-11-9-15(10-12-17)18-14-25-22(24)26-20(18)19-8-4-5-13-27(19)21(28)16-6-2-1-3-7-16/h1-3,6-7,9-12,14,19H,4-5,8,13H2,(H2,24,25,26). The molecule has 6 heteroatoms. The molecule has 1 atom stereocenters. The molecule has 2 N–H and O–H groups in total. The summed E-state index contributed by atoms with van der Waals surface area (Å²) in [5.74, 6) is 0.231. The van der Waals surface area contributed by atoms with Gasteiger partial charge in [-0.2, -0.15) is 0 Å². The predicted octanol–water partition coefficient (Wildman–Crippen LogP) is 4.75. The van der Waals surface area contributed by atoms with Crippen molar-refractivity contribution < 1.29 is 4.79 Å². The van der Waals surface area contributed by atoms with Crippen molar-refractivity contribution in [2.75, 3.05) is 12.3 Å². The Morgan fingerprint density at radius 2 is 1.82 bits per heavy atom. The number of carbonyl (C=O) groups is 1. The number of carbonyl (C=O) groups excluding carboxylic acids is 1. The van der Waals surface area contributed by atoms with Crippen LogP contribution in [0.25, 0.3) is 11.1 Å². The molecule has 0 bridgehead atoms. The molecule has 1 aliphatic rings. The lowest BCUT2D eigenvalue weighted by Crippen LogP contribution is -2.39. The van der Waals surface area contributed by atoms with E-state index in [4.69, 9.17) is 17.3 Å². The van der Waals surface area contributed by atoms with E-state index < -0.39 is 0 Å². The normalized spacial score (nSPS) is 16.8. The molecule has 0 saturated carbocycles. The molecule has 1 fully saturated rings. The van der Waals surface area contributed by atoms with Crippen LogP contribution in [-0.2, 0) is 0 Å². The van der Waals surface area contributed by atoms with Gasteiger partial charge in [-0.1, -0.05) is 41.9 Å². The number of amides is 1. The van der Waals surface area contributed by atoms with Crippen molar-refractivity contribution in [3.8, 4) is 11.1 Å².